The van der Waals surface area contributed by atoms with Gasteiger partial charge in [-0.3, -0.25) is 27.2 Å². The summed E-state index contributed by atoms with van der Waals surface area (Å²) in [6.07, 6.45) is 14.8. The van der Waals surface area contributed by atoms with E-state index in [0.717, 1.165) is 144 Å². The van der Waals surface area contributed by atoms with Crippen molar-refractivity contribution in [2.75, 3.05) is 29.2 Å². The number of hydrogen-bond donors (Lipinski definition) is 3. The molecule has 13 aromatic rings. The summed E-state index contributed by atoms with van der Waals surface area (Å²) in [5.41, 5.74) is 19.8. The number of nitrogens with one attached hydrogen (secondary N) is 3. The summed E-state index contributed by atoms with van der Waals surface area (Å²) < 4.78 is 42.6. The number of furan rings is 1. The van der Waals surface area contributed by atoms with Crippen LogP contribution >= 0.6 is 11.6 Å². The number of ether oxygens (including phenoxy) is 2. The van der Waals surface area contributed by atoms with Crippen LogP contribution in [-0.2, 0) is 53.6 Å². The number of benzene rings is 3. The minimum absolute atomic E-state index is 0.270. The molecule has 23 heteroatoms. The van der Waals surface area contributed by atoms with Gasteiger partial charge in [-0.2, -0.15) is 15.3 Å². The Morgan fingerprint density at radius 3 is 1.48 bits per heavy atom. The van der Waals surface area contributed by atoms with E-state index in [1.165, 1.54) is 22.8 Å². The van der Waals surface area contributed by atoms with Gasteiger partial charge in [0.2, 0.25) is 17.8 Å². The van der Waals surface area contributed by atoms with Crippen LogP contribution < -0.4 is 25.4 Å². The van der Waals surface area contributed by atoms with E-state index < -0.39 is 0 Å². The summed E-state index contributed by atoms with van der Waals surface area (Å²) in [4.78, 5) is 28.1. The van der Waals surface area contributed by atoms with Crippen molar-refractivity contribution in [1.29, 1.82) is 0 Å². The number of nitrogens with zero attached hydrogens (tertiary/aromatic N) is 15. The van der Waals surface area contributed by atoms with Crippen LogP contribution in [0.3, 0.4) is 0 Å². The summed E-state index contributed by atoms with van der Waals surface area (Å²) >= 11 is 6.48. The van der Waals surface area contributed by atoms with E-state index in [-0.39, 0.29) is 12.4 Å². The minimum atomic E-state index is -0.286. The largest absolute Gasteiger partial charge is 0.493 e. The van der Waals surface area contributed by atoms with Crippen LogP contribution in [-0.4, -0.2) is 85.7 Å². The maximum atomic E-state index is 14.4. The Morgan fingerprint density at radius 1 is 0.523 bits per heavy atom. The first-order valence-electron chi connectivity index (χ1n) is 28.2. The van der Waals surface area contributed by atoms with Crippen LogP contribution in [0.15, 0.2) is 115 Å². The van der Waals surface area contributed by atoms with Gasteiger partial charge in [0.25, 0.3) is 0 Å². The van der Waals surface area contributed by atoms with E-state index in [1.54, 1.807) is 24.6 Å². The fourth-order valence-electron chi connectivity index (χ4n) is 11.5. The zero-order valence-electron chi connectivity index (χ0n) is 49.0. The molecule has 2 aliphatic heterocycles. The number of rotatable bonds is 12. The van der Waals surface area contributed by atoms with Crippen LogP contribution in [0.5, 0.6) is 11.5 Å². The van der Waals surface area contributed by atoms with Gasteiger partial charge in [-0.25, -0.2) is 34.3 Å². The first kappa shape index (κ1) is 55.1. The SMILES string of the molecule is Cc1cn2c(NCc3c(Cl)ccc4c3CCO4)ncc(-c3cc(C)nn3C)c2n1.Cc1cn2c(NCc3c(F)ccc4occc34)ncc(-c3cc(C)nn3C)c2n1.Cc1cn2c(NCc3cccc4c3CCO4)ncc(-c3cc(C)nn3C)c2n1. The van der Waals surface area contributed by atoms with Crippen molar-refractivity contribution >= 4 is 57.4 Å². The van der Waals surface area contributed by atoms with Gasteiger partial charge in [0.15, 0.2) is 16.9 Å². The summed E-state index contributed by atoms with van der Waals surface area (Å²) in [6, 6.07) is 21.0. The van der Waals surface area contributed by atoms with Crippen LogP contribution in [0.1, 0.15) is 62.0 Å². The van der Waals surface area contributed by atoms with Crippen molar-refractivity contribution < 1.29 is 18.3 Å². The molecule has 0 spiro atoms. The molecule has 21 nitrogen and oxygen atoms in total. The smallest absolute Gasteiger partial charge is 0.208 e. The van der Waals surface area contributed by atoms with E-state index >= 15 is 0 Å². The Kier molecular flexibility index (Phi) is 14.4. The summed E-state index contributed by atoms with van der Waals surface area (Å²) in [7, 11) is 5.77. The third-order valence-electron chi connectivity index (χ3n) is 15.4. The van der Waals surface area contributed by atoms with Crippen LogP contribution in [0.25, 0.3) is 61.7 Å². The molecule has 436 valence electrons. The van der Waals surface area contributed by atoms with E-state index in [9.17, 15) is 4.39 Å². The van der Waals surface area contributed by atoms with Gasteiger partial charge < -0.3 is 29.8 Å². The molecule has 0 saturated heterocycles. The molecule has 0 aliphatic carbocycles. The Hall–Kier alpha value is -10.1. The molecule has 0 unspecified atom stereocenters. The molecule has 10 aromatic heterocycles. The molecule has 0 saturated carbocycles. The molecule has 0 fully saturated rings. The average molecular weight is 1170 g/mol. The number of aromatic nitrogens is 15. The fraction of sp³-hybridized carbons (Fsp3) is 0.254. The summed E-state index contributed by atoms with van der Waals surface area (Å²) in [5, 5.41) is 25.0. The van der Waals surface area contributed by atoms with Crippen molar-refractivity contribution in [3.8, 4) is 45.3 Å². The zero-order valence-corrected chi connectivity index (χ0v) is 49.8. The molecule has 3 N–H and O–H groups in total. The Labute approximate surface area is 498 Å². The minimum Gasteiger partial charge on any atom is -0.493 e. The van der Waals surface area contributed by atoms with Crippen molar-refractivity contribution in [2.45, 2.75) is 74.0 Å². The number of fused-ring (bicyclic) bond motifs is 6. The van der Waals surface area contributed by atoms with E-state index in [1.807, 2.05) is 157 Å². The van der Waals surface area contributed by atoms with Crippen LogP contribution in [0, 0.1) is 47.4 Å². The van der Waals surface area contributed by atoms with Gasteiger partial charge in [0.05, 0.1) is 87.4 Å². The third kappa shape index (κ3) is 10.4. The fourth-order valence-corrected chi connectivity index (χ4v) is 11.8. The Bertz CT molecular complexity index is 4730. The second-order valence-electron chi connectivity index (χ2n) is 21.6. The highest BCUT2D eigenvalue weighted by Crippen LogP contribution is 2.35. The highest BCUT2D eigenvalue weighted by molar-refractivity contribution is 6.31. The lowest BCUT2D eigenvalue weighted by atomic mass is 10.1. The molecule has 15 rings (SSSR count). The summed E-state index contributed by atoms with van der Waals surface area (Å²) in [6.45, 7) is 14.8. The van der Waals surface area contributed by atoms with Gasteiger partial charge in [0, 0.05) is 118 Å². The predicted octanol–water partition coefficient (Wildman–Crippen LogP) is 11.5. The number of hydrogen-bond acceptors (Lipinski definition) is 15. The predicted molar refractivity (Wildman–Crippen MR) is 328 cm³/mol. The molecular weight excluding hydrogens is 1110 g/mol. The van der Waals surface area contributed by atoms with Crippen molar-refractivity contribution in [2.24, 2.45) is 21.1 Å². The lowest BCUT2D eigenvalue weighted by Gasteiger charge is -2.13. The number of anilines is 3. The van der Waals surface area contributed by atoms with Gasteiger partial charge in [-0.15, -0.1) is 0 Å². The maximum absolute atomic E-state index is 14.4. The van der Waals surface area contributed by atoms with Gasteiger partial charge in [-0.1, -0.05) is 23.7 Å². The highest BCUT2D eigenvalue weighted by Gasteiger charge is 2.23. The standard InChI is InChI=1S/C21H21ClN6O.C21H19FN6O.C21H22N6O/c2*1-12-8-18(27(3)26-12)16-10-24-21(28-11-13(2)25-20(16)28)23-9-15-14-6-7-29-19(14)5-4-17(15)22;1-13-9-18(26(3)25-13)17-11-23-21(27-12-14(2)24-20(17)27)22-10-15-5-4-6-19-16(15)7-8-28-19/h4-5,8,10-11H,6-7,9H2,1-3H3,(H,23,24);4-8,10-11H,9H2,1-3H3,(H,23,24);4-6,9,11-12H,7-8,10H2,1-3H3,(H,22,23). The second kappa shape index (κ2) is 22.5. The first-order valence-corrected chi connectivity index (χ1v) is 28.6. The van der Waals surface area contributed by atoms with E-state index in [0.29, 0.717) is 36.8 Å². The molecule has 2 aliphatic rings. The van der Waals surface area contributed by atoms with Gasteiger partial charge in [0.1, 0.15) is 22.9 Å². The molecule has 3 aromatic carbocycles. The quantitative estimate of drug-likeness (QED) is 0.104. The van der Waals surface area contributed by atoms with Crippen molar-refractivity contribution in [3.05, 3.63) is 183 Å². The van der Waals surface area contributed by atoms with Gasteiger partial charge in [-0.05, 0) is 107 Å². The van der Waals surface area contributed by atoms with Crippen LogP contribution in [0.2, 0.25) is 5.02 Å². The third-order valence-corrected chi connectivity index (χ3v) is 15.8. The maximum Gasteiger partial charge on any atom is 0.208 e. The number of aryl methyl sites for hydroxylation is 9. The molecule has 0 amide bonds. The van der Waals surface area contributed by atoms with E-state index in [2.05, 4.69) is 58.3 Å². The van der Waals surface area contributed by atoms with Crippen molar-refractivity contribution in [3.63, 3.8) is 0 Å². The zero-order chi connectivity index (χ0) is 59.5. The Balaban J connectivity index is 0.000000120. The molecule has 0 bridgehead atoms. The molecular formula is C63H62ClFN18O3. The monoisotopic (exact) mass is 1170 g/mol. The topological polar surface area (TPSA) is 212 Å². The normalized spacial score (nSPS) is 12.5. The number of imidazole rings is 3. The number of halogens is 2. The molecule has 12 heterocycles. The first-order chi connectivity index (χ1) is 41.6. The molecule has 0 atom stereocenters. The van der Waals surface area contributed by atoms with Crippen LogP contribution in [0.4, 0.5) is 22.2 Å². The van der Waals surface area contributed by atoms with Crippen molar-refractivity contribution in [1.82, 2.24) is 72.4 Å². The summed E-state index contributed by atoms with van der Waals surface area (Å²) in [5.74, 6) is 3.71. The Morgan fingerprint density at radius 2 is 0.988 bits per heavy atom. The molecule has 0 radical (unpaired) electrons. The van der Waals surface area contributed by atoms with E-state index in [4.69, 9.17) is 40.4 Å². The highest BCUT2D eigenvalue weighted by atomic mass is 35.5. The molecule has 86 heavy (non-hydrogen) atoms. The average Bonchev–Trinajstić information content (AvgIpc) is 3.59. The van der Waals surface area contributed by atoms with Gasteiger partial charge >= 0.3 is 0 Å². The second-order valence-corrected chi connectivity index (χ2v) is 22.0. The lowest BCUT2D eigenvalue weighted by Crippen LogP contribution is -2.09. The lowest BCUT2D eigenvalue weighted by molar-refractivity contribution is 0.356.